The van der Waals surface area contributed by atoms with E-state index >= 15 is 0 Å². The second-order valence-electron chi connectivity index (χ2n) is 4.23. The van der Waals surface area contributed by atoms with E-state index in [1.54, 1.807) is 12.1 Å². The third-order valence-corrected chi connectivity index (χ3v) is 3.43. The predicted octanol–water partition coefficient (Wildman–Crippen LogP) is 3.64. The standard InChI is InChI=1S/C14H10BrClN2O3/c15-9-3-8(4-10(17)6-9)13(19)18-12-5-7(14(20)21)1-2-11(12)16/h1-6H,17H2,(H,18,19)(H,20,21). The lowest BCUT2D eigenvalue weighted by Gasteiger charge is -2.09. The number of carboxylic acid groups (broad SMARTS) is 1. The molecule has 0 aliphatic rings. The first-order valence-electron chi connectivity index (χ1n) is 5.77. The monoisotopic (exact) mass is 368 g/mol. The number of carbonyl (C=O) groups is 2. The van der Waals surface area contributed by atoms with Crippen molar-refractivity contribution in [3.63, 3.8) is 0 Å². The van der Waals surface area contributed by atoms with E-state index in [0.29, 0.717) is 15.7 Å². The average molecular weight is 370 g/mol. The number of anilines is 2. The molecule has 0 aliphatic carbocycles. The number of aromatic carboxylic acids is 1. The predicted molar refractivity (Wildman–Crippen MR) is 84.9 cm³/mol. The molecule has 0 saturated heterocycles. The third kappa shape index (κ3) is 3.74. The number of hydrogen-bond acceptors (Lipinski definition) is 3. The highest BCUT2D eigenvalue weighted by atomic mass is 79.9. The van der Waals surface area contributed by atoms with Crippen LogP contribution in [0, 0.1) is 0 Å². The van der Waals surface area contributed by atoms with E-state index in [-0.39, 0.29) is 16.3 Å². The smallest absolute Gasteiger partial charge is 0.335 e. The van der Waals surface area contributed by atoms with Crippen LogP contribution in [-0.2, 0) is 0 Å². The van der Waals surface area contributed by atoms with Crippen molar-refractivity contribution in [1.29, 1.82) is 0 Å². The van der Waals surface area contributed by atoms with Crippen molar-refractivity contribution in [2.45, 2.75) is 0 Å². The minimum Gasteiger partial charge on any atom is -0.478 e. The Balaban J connectivity index is 2.31. The molecule has 0 unspecified atom stereocenters. The highest BCUT2D eigenvalue weighted by Crippen LogP contribution is 2.25. The lowest BCUT2D eigenvalue weighted by Crippen LogP contribution is -2.13. The molecule has 0 radical (unpaired) electrons. The molecule has 0 aliphatic heterocycles. The summed E-state index contributed by atoms with van der Waals surface area (Å²) in [5.41, 5.74) is 6.69. The second kappa shape index (κ2) is 6.15. The van der Waals surface area contributed by atoms with Gasteiger partial charge in [-0.2, -0.15) is 0 Å². The van der Waals surface area contributed by atoms with Crippen LogP contribution in [0.5, 0.6) is 0 Å². The molecule has 7 heteroatoms. The summed E-state index contributed by atoms with van der Waals surface area (Å²) in [6, 6.07) is 8.84. The van der Waals surface area contributed by atoms with Gasteiger partial charge in [0.2, 0.25) is 0 Å². The number of amides is 1. The maximum atomic E-state index is 12.2. The minimum atomic E-state index is -1.10. The summed E-state index contributed by atoms with van der Waals surface area (Å²) >= 11 is 9.20. The summed E-state index contributed by atoms with van der Waals surface area (Å²) < 4.78 is 0.665. The lowest BCUT2D eigenvalue weighted by molar-refractivity contribution is 0.0696. The van der Waals surface area contributed by atoms with E-state index in [4.69, 9.17) is 22.4 Å². The van der Waals surface area contributed by atoms with Gasteiger partial charge in [-0.3, -0.25) is 4.79 Å². The van der Waals surface area contributed by atoms with Gasteiger partial charge in [-0.25, -0.2) is 4.79 Å². The van der Waals surface area contributed by atoms with E-state index in [1.165, 1.54) is 24.3 Å². The molecule has 0 aromatic heterocycles. The topological polar surface area (TPSA) is 92.4 Å². The Morgan fingerprint density at radius 1 is 1.14 bits per heavy atom. The van der Waals surface area contributed by atoms with Crippen LogP contribution in [0.4, 0.5) is 11.4 Å². The van der Waals surface area contributed by atoms with Crippen LogP contribution in [0.1, 0.15) is 20.7 Å². The highest BCUT2D eigenvalue weighted by Gasteiger charge is 2.12. The largest absolute Gasteiger partial charge is 0.478 e. The zero-order chi connectivity index (χ0) is 15.6. The normalized spacial score (nSPS) is 10.2. The Kier molecular flexibility index (Phi) is 4.50. The van der Waals surface area contributed by atoms with Gasteiger partial charge in [-0.05, 0) is 36.4 Å². The van der Waals surface area contributed by atoms with Gasteiger partial charge in [0, 0.05) is 15.7 Å². The average Bonchev–Trinajstić information content (AvgIpc) is 2.39. The fraction of sp³-hybridized carbons (Fsp3) is 0. The van der Waals surface area contributed by atoms with Gasteiger partial charge in [0.05, 0.1) is 16.3 Å². The van der Waals surface area contributed by atoms with Crippen LogP contribution in [0.15, 0.2) is 40.9 Å². The molecule has 0 saturated carbocycles. The maximum absolute atomic E-state index is 12.2. The third-order valence-electron chi connectivity index (χ3n) is 2.64. The van der Waals surface area contributed by atoms with Crippen LogP contribution < -0.4 is 11.1 Å². The quantitative estimate of drug-likeness (QED) is 0.720. The van der Waals surface area contributed by atoms with E-state index in [2.05, 4.69) is 21.2 Å². The van der Waals surface area contributed by atoms with Crippen molar-refractivity contribution in [3.05, 3.63) is 57.0 Å². The second-order valence-corrected chi connectivity index (χ2v) is 5.55. The van der Waals surface area contributed by atoms with E-state index in [9.17, 15) is 9.59 Å². The number of benzene rings is 2. The first kappa shape index (κ1) is 15.3. The summed E-state index contributed by atoms with van der Waals surface area (Å²) in [4.78, 5) is 23.1. The molecule has 0 atom stereocenters. The van der Waals surface area contributed by atoms with Gasteiger partial charge in [0.25, 0.3) is 5.91 Å². The SMILES string of the molecule is Nc1cc(Br)cc(C(=O)Nc2cc(C(=O)O)ccc2Cl)c1. The summed E-state index contributed by atoms with van der Waals surface area (Å²) in [5, 5.41) is 11.8. The van der Waals surface area contributed by atoms with E-state index in [1.807, 2.05) is 0 Å². The molecule has 0 heterocycles. The summed E-state index contributed by atoms with van der Waals surface area (Å²) in [6.07, 6.45) is 0. The fourth-order valence-corrected chi connectivity index (χ4v) is 2.37. The lowest BCUT2D eigenvalue weighted by atomic mass is 10.1. The Hall–Kier alpha value is -2.05. The van der Waals surface area contributed by atoms with Crippen LogP contribution in [0.3, 0.4) is 0 Å². The highest BCUT2D eigenvalue weighted by molar-refractivity contribution is 9.10. The number of carbonyl (C=O) groups excluding carboxylic acids is 1. The molecule has 2 aromatic carbocycles. The zero-order valence-corrected chi connectivity index (χ0v) is 12.9. The summed E-state index contributed by atoms with van der Waals surface area (Å²) in [6.45, 7) is 0. The van der Waals surface area contributed by atoms with E-state index < -0.39 is 11.9 Å². The van der Waals surface area contributed by atoms with Crippen LogP contribution in [0.2, 0.25) is 5.02 Å². The van der Waals surface area contributed by atoms with Crippen molar-refractivity contribution in [2.24, 2.45) is 0 Å². The molecule has 1 amide bonds. The maximum Gasteiger partial charge on any atom is 0.335 e. The molecule has 5 nitrogen and oxygen atoms in total. The first-order chi connectivity index (χ1) is 9.86. The molecular weight excluding hydrogens is 360 g/mol. The molecule has 4 N–H and O–H groups in total. The minimum absolute atomic E-state index is 0.0310. The van der Waals surface area contributed by atoms with Gasteiger partial charge in [-0.1, -0.05) is 27.5 Å². The number of nitrogens with two attached hydrogens (primary N) is 1. The van der Waals surface area contributed by atoms with Crippen molar-refractivity contribution < 1.29 is 14.7 Å². The molecule has 108 valence electrons. The van der Waals surface area contributed by atoms with Gasteiger partial charge in [0.1, 0.15) is 0 Å². The molecular formula is C14H10BrClN2O3. The molecule has 0 fully saturated rings. The number of rotatable bonds is 3. The number of halogens is 2. The van der Waals surface area contributed by atoms with Crippen LogP contribution in [-0.4, -0.2) is 17.0 Å². The number of hydrogen-bond donors (Lipinski definition) is 3. The molecule has 0 spiro atoms. The molecule has 2 rings (SSSR count). The Labute approximate surface area is 133 Å². The Morgan fingerprint density at radius 3 is 2.48 bits per heavy atom. The van der Waals surface area contributed by atoms with Crippen LogP contribution >= 0.6 is 27.5 Å². The zero-order valence-electron chi connectivity index (χ0n) is 10.6. The van der Waals surface area contributed by atoms with Crippen molar-refractivity contribution >= 4 is 50.8 Å². The summed E-state index contributed by atoms with van der Waals surface area (Å²) in [5.74, 6) is -1.54. The van der Waals surface area contributed by atoms with Gasteiger partial charge in [-0.15, -0.1) is 0 Å². The Bertz CT molecular complexity index is 714. The number of carboxylic acids is 1. The molecule has 2 aromatic rings. The molecule has 0 bridgehead atoms. The number of nitrogen functional groups attached to an aromatic ring is 1. The van der Waals surface area contributed by atoms with Gasteiger partial charge in [0.15, 0.2) is 0 Å². The Morgan fingerprint density at radius 2 is 1.86 bits per heavy atom. The first-order valence-corrected chi connectivity index (χ1v) is 6.94. The number of nitrogens with one attached hydrogen (secondary N) is 1. The van der Waals surface area contributed by atoms with Crippen molar-refractivity contribution in [1.82, 2.24) is 0 Å². The van der Waals surface area contributed by atoms with E-state index in [0.717, 1.165) is 0 Å². The van der Waals surface area contributed by atoms with Gasteiger partial charge >= 0.3 is 5.97 Å². The van der Waals surface area contributed by atoms with Crippen molar-refractivity contribution in [3.8, 4) is 0 Å². The van der Waals surface area contributed by atoms with Gasteiger partial charge < -0.3 is 16.2 Å². The fourth-order valence-electron chi connectivity index (χ4n) is 1.69. The molecule has 21 heavy (non-hydrogen) atoms. The van der Waals surface area contributed by atoms with Crippen molar-refractivity contribution in [2.75, 3.05) is 11.1 Å². The van der Waals surface area contributed by atoms with Crippen LogP contribution in [0.25, 0.3) is 0 Å². The summed E-state index contributed by atoms with van der Waals surface area (Å²) in [7, 11) is 0.